The molecule has 0 bridgehead atoms. The molecule has 0 aliphatic carbocycles. The van der Waals surface area contributed by atoms with Crippen LogP contribution in [0.25, 0.3) is 0 Å². The van der Waals surface area contributed by atoms with Gasteiger partial charge >= 0.3 is 0 Å². The highest BCUT2D eigenvalue weighted by molar-refractivity contribution is 5.98. The number of hydrogen-bond acceptors (Lipinski definition) is 6. The number of amidine groups is 1. The predicted octanol–water partition coefficient (Wildman–Crippen LogP) is 1.16. The van der Waals surface area contributed by atoms with Gasteiger partial charge in [0.15, 0.2) is 5.84 Å². The summed E-state index contributed by atoms with van der Waals surface area (Å²) in [6.07, 6.45) is 0. The Balaban J connectivity index is 3.21. The van der Waals surface area contributed by atoms with Crippen LogP contribution in [0.4, 0.5) is 11.4 Å². The second kappa shape index (κ2) is 7.29. The molecule has 0 aliphatic heterocycles. The van der Waals surface area contributed by atoms with Crippen LogP contribution in [-0.2, 0) is 4.74 Å². The van der Waals surface area contributed by atoms with Crippen molar-refractivity contribution in [1.82, 2.24) is 0 Å². The van der Waals surface area contributed by atoms with Gasteiger partial charge in [-0.15, -0.1) is 0 Å². The maximum absolute atomic E-state index is 11.2. The lowest BCUT2D eigenvalue weighted by Crippen LogP contribution is -2.27. The molecule has 0 aromatic heterocycles. The van der Waals surface area contributed by atoms with E-state index in [0.29, 0.717) is 30.9 Å². The average Bonchev–Trinajstić information content (AvgIpc) is 2.47. The van der Waals surface area contributed by atoms with E-state index in [9.17, 15) is 10.1 Å². The summed E-state index contributed by atoms with van der Waals surface area (Å²) in [5.74, 6) is -0.167. The summed E-state index contributed by atoms with van der Waals surface area (Å²) < 4.78 is 4.99. The first-order valence-electron chi connectivity index (χ1n) is 6.05. The topological polar surface area (TPSA) is 114 Å². The van der Waals surface area contributed by atoms with Gasteiger partial charge in [0.2, 0.25) is 0 Å². The van der Waals surface area contributed by atoms with Gasteiger partial charge in [-0.3, -0.25) is 10.1 Å². The van der Waals surface area contributed by atoms with E-state index in [0.717, 1.165) is 0 Å². The molecule has 0 aliphatic rings. The molecule has 1 aromatic carbocycles. The van der Waals surface area contributed by atoms with E-state index in [2.05, 4.69) is 5.16 Å². The fourth-order valence-corrected chi connectivity index (χ4v) is 1.80. The van der Waals surface area contributed by atoms with Crippen LogP contribution in [0.2, 0.25) is 0 Å². The molecule has 0 amide bonds. The Kier molecular flexibility index (Phi) is 5.73. The second-order valence-corrected chi connectivity index (χ2v) is 4.02. The molecule has 0 radical (unpaired) electrons. The minimum Gasteiger partial charge on any atom is -0.409 e. The number of ether oxygens (including phenoxy) is 1. The van der Waals surface area contributed by atoms with Crippen molar-refractivity contribution in [3.05, 3.63) is 33.9 Å². The highest BCUT2D eigenvalue weighted by Crippen LogP contribution is 2.29. The Morgan fingerprint density at radius 2 is 2.30 bits per heavy atom. The van der Waals surface area contributed by atoms with Gasteiger partial charge in [0.1, 0.15) is 5.69 Å². The standard InChI is InChI=1S/C12H18N4O4/c1-3-15(6-7-20-2)10-5-4-9(12(13)14-17)8-11(10)16(18)19/h4-5,8,17H,3,6-7H2,1-2H3,(H2,13,14). The van der Waals surface area contributed by atoms with E-state index >= 15 is 0 Å². The third-order valence-electron chi connectivity index (χ3n) is 2.86. The van der Waals surface area contributed by atoms with Gasteiger partial charge in [0.05, 0.1) is 11.5 Å². The van der Waals surface area contributed by atoms with Crippen LogP contribution in [0.3, 0.4) is 0 Å². The number of nitrogens with zero attached hydrogens (tertiary/aromatic N) is 3. The number of nitro benzene ring substituents is 1. The van der Waals surface area contributed by atoms with E-state index in [1.54, 1.807) is 19.2 Å². The monoisotopic (exact) mass is 282 g/mol. The lowest BCUT2D eigenvalue weighted by Gasteiger charge is -2.22. The van der Waals surface area contributed by atoms with Crippen molar-refractivity contribution < 1.29 is 14.9 Å². The summed E-state index contributed by atoms with van der Waals surface area (Å²) in [5, 5.41) is 22.6. The van der Waals surface area contributed by atoms with Crippen molar-refractivity contribution in [2.75, 3.05) is 31.7 Å². The highest BCUT2D eigenvalue weighted by atomic mass is 16.6. The third kappa shape index (κ3) is 3.58. The van der Waals surface area contributed by atoms with Crippen molar-refractivity contribution in [2.24, 2.45) is 10.9 Å². The van der Waals surface area contributed by atoms with Crippen LogP contribution in [0.5, 0.6) is 0 Å². The normalized spacial score (nSPS) is 11.4. The maximum Gasteiger partial charge on any atom is 0.293 e. The van der Waals surface area contributed by atoms with Crippen LogP contribution in [0, 0.1) is 10.1 Å². The fraction of sp³-hybridized carbons (Fsp3) is 0.417. The number of nitrogens with two attached hydrogens (primary N) is 1. The molecule has 1 aromatic rings. The maximum atomic E-state index is 11.2. The summed E-state index contributed by atoms with van der Waals surface area (Å²) in [5.41, 5.74) is 6.13. The largest absolute Gasteiger partial charge is 0.409 e. The Hall–Kier alpha value is -2.35. The zero-order valence-corrected chi connectivity index (χ0v) is 11.4. The molecule has 0 heterocycles. The van der Waals surface area contributed by atoms with Gasteiger partial charge < -0.3 is 20.6 Å². The number of oxime groups is 1. The first-order chi connectivity index (χ1) is 9.54. The first kappa shape index (κ1) is 15.7. The Bertz CT molecular complexity index is 504. The fourth-order valence-electron chi connectivity index (χ4n) is 1.80. The van der Waals surface area contributed by atoms with E-state index in [1.165, 1.54) is 6.07 Å². The molecule has 0 atom stereocenters. The minimum atomic E-state index is -0.487. The number of nitro groups is 1. The molecule has 1 rings (SSSR count). The van der Waals surface area contributed by atoms with Crippen LogP contribution in [-0.4, -0.2) is 42.8 Å². The number of methoxy groups -OCH3 is 1. The summed E-state index contributed by atoms with van der Waals surface area (Å²) in [7, 11) is 1.57. The number of rotatable bonds is 7. The van der Waals surface area contributed by atoms with Gasteiger partial charge in [0, 0.05) is 31.8 Å². The lowest BCUT2D eigenvalue weighted by atomic mass is 10.1. The molecule has 0 saturated heterocycles. The summed E-state index contributed by atoms with van der Waals surface area (Å²) >= 11 is 0. The Labute approximate surface area is 116 Å². The van der Waals surface area contributed by atoms with Crippen LogP contribution >= 0.6 is 0 Å². The molecule has 0 spiro atoms. The quantitative estimate of drug-likeness (QED) is 0.255. The zero-order chi connectivity index (χ0) is 15.1. The predicted molar refractivity (Wildman–Crippen MR) is 75.4 cm³/mol. The third-order valence-corrected chi connectivity index (χ3v) is 2.86. The molecule has 0 unspecified atom stereocenters. The van der Waals surface area contributed by atoms with Gasteiger partial charge in [-0.25, -0.2) is 0 Å². The number of likely N-dealkylation sites (N-methyl/N-ethyl adjacent to an activating group) is 1. The molecule has 110 valence electrons. The second-order valence-electron chi connectivity index (χ2n) is 4.02. The van der Waals surface area contributed by atoms with Gasteiger partial charge in [-0.2, -0.15) is 0 Å². The molecule has 8 nitrogen and oxygen atoms in total. The van der Waals surface area contributed by atoms with Crippen molar-refractivity contribution in [3.8, 4) is 0 Å². The van der Waals surface area contributed by atoms with Crippen LogP contribution in [0.15, 0.2) is 23.4 Å². The summed E-state index contributed by atoms with van der Waals surface area (Å²) in [4.78, 5) is 12.5. The van der Waals surface area contributed by atoms with Gasteiger partial charge in [-0.1, -0.05) is 5.16 Å². The van der Waals surface area contributed by atoms with E-state index in [-0.39, 0.29) is 11.5 Å². The van der Waals surface area contributed by atoms with Crippen molar-refractivity contribution in [3.63, 3.8) is 0 Å². The molecule has 20 heavy (non-hydrogen) atoms. The van der Waals surface area contributed by atoms with Crippen LogP contribution in [0.1, 0.15) is 12.5 Å². The SMILES string of the molecule is CCN(CCOC)c1ccc(C(N)=NO)cc1[N+](=O)[O-]. The van der Waals surface area contributed by atoms with E-state index < -0.39 is 4.92 Å². The van der Waals surface area contributed by atoms with Crippen LogP contribution < -0.4 is 10.6 Å². The van der Waals surface area contributed by atoms with Crippen molar-refractivity contribution in [1.29, 1.82) is 0 Å². The number of hydrogen-bond donors (Lipinski definition) is 2. The van der Waals surface area contributed by atoms with Crippen molar-refractivity contribution in [2.45, 2.75) is 6.92 Å². The highest BCUT2D eigenvalue weighted by Gasteiger charge is 2.20. The van der Waals surface area contributed by atoms with Gasteiger partial charge in [0.25, 0.3) is 5.69 Å². The van der Waals surface area contributed by atoms with E-state index in [4.69, 9.17) is 15.7 Å². The minimum absolute atomic E-state index is 0.0907. The molecule has 0 fully saturated rings. The molecular weight excluding hydrogens is 264 g/mol. The van der Waals surface area contributed by atoms with Gasteiger partial charge in [-0.05, 0) is 19.1 Å². The molecule has 8 heteroatoms. The molecular formula is C12H18N4O4. The first-order valence-corrected chi connectivity index (χ1v) is 6.05. The average molecular weight is 282 g/mol. The van der Waals surface area contributed by atoms with Crippen molar-refractivity contribution >= 4 is 17.2 Å². The smallest absolute Gasteiger partial charge is 0.293 e. The number of anilines is 1. The Morgan fingerprint density at radius 1 is 1.60 bits per heavy atom. The Morgan fingerprint density at radius 3 is 2.80 bits per heavy atom. The zero-order valence-electron chi connectivity index (χ0n) is 11.4. The summed E-state index contributed by atoms with van der Waals surface area (Å²) in [6, 6.07) is 4.46. The molecule has 0 saturated carbocycles. The van der Waals surface area contributed by atoms with E-state index in [1.807, 2.05) is 11.8 Å². The molecule has 3 N–H and O–H groups in total. The lowest BCUT2D eigenvalue weighted by molar-refractivity contribution is -0.384. The number of benzene rings is 1. The summed E-state index contributed by atoms with van der Waals surface area (Å²) in [6.45, 7) is 3.51.